The van der Waals surface area contributed by atoms with Crippen LogP contribution in [0.4, 0.5) is 0 Å². The molecule has 5 heteroatoms. The number of methoxy groups -OCH3 is 1. The second-order valence-electron chi connectivity index (χ2n) is 3.06. The summed E-state index contributed by atoms with van der Waals surface area (Å²) in [4.78, 5) is 13.0. The van der Waals surface area contributed by atoms with Crippen LogP contribution in [-0.2, 0) is 9.53 Å². The fourth-order valence-electron chi connectivity index (χ4n) is 1.47. The molecule has 1 aliphatic rings. The molecule has 1 rings (SSSR count). The molecule has 0 unspecified atom stereocenters. The van der Waals surface area contributed by atoms with Crippen molar-refractivity contribution in [1.82, 2.24) is 4.90 Å². The zero-order valence-corrected chi connectivity index (χ0v) is 8.68. The number of rotatable bonds is 2. The molecule has 0 saturated carbocycles. The van der Waals surface area contributed by atoms with E-state index in [1.165, 1.54) is 13.5 Å². The van der Waals surface area contributed by atoms with Gasteiger partial charge >= 0.3 is 5.97 Å². The summed E-state index contributed by atoms with van der Waals surface area (Å²) in [7, 11) is 1.37. The number of likely N-dealkylation sites (tertiary alicyclic amines) is 1. The Labute approximate surface area is 84.8 Å². The van der Waals surface area contributed by atoms with Crippen LogP contribution in [0.25, 0.3) is 0 Å². The summed E-state index contributed by atoms with van der Waals surface area (Å²) in [6.07, 6.45) is 2.94. The average molecular weight is 209 g/mol. The quantitative estimate of drug-likeness (QED) is 0.666. The van der Waals surface area contributed by atoms with E-state index in [0.29, 0.717) is 0 Å². The maximum atomic E-state index is 11.0. The molecule has 13 heavy (non-hydrogen) atoms. The maximum absolute atomic E-state index is 11.0. The molecular weight excluding hydrogens is 192 g/mol. The number of ether oxygens (including phenoxy) is 1. The van der Waals surface area contributed by atoms with Gasteiger partial charge in [-0.15, -0.1) is 12.4 Å². The molecule has 0 aromatic rings. The van der Waals surface area contributed by atoms with Gasteiger partial charge in [0.25, 0.3) is 0 Å². The van der Waals surface area contributed by atoms with E-state index < -0.39 is 6.17 Å². The lowest BCUT2D eigenvalue weighted by Crippen LogP contribution is -2.50. The molecule has 0 amide bonds. The summed E-state index contributed by atoms with van der Waals surface area (Å²) < 4.78 is 4.56. The average Bonchev–Trinajstić information content (AvgIpc) is 2.17. The van der Waals surface area contributed by atoms with E-state index in [4.69, 9.17) is 5.73 Å². The molecule has 2 N–H and O–H groups in total. The van der Waals surface area contributed by atoms with Crippen molar-refractivity contribution in [3.63, 3.8) is 0 Å². The van der Waals surface area contributed by atoms with Crippen molar-refractivity contribution >= 4 is 18.4 Å². The Morgan fingerprint density at radius 3 is 2.38 bits per heavy atom. The third-order valence-electron chi connectivity index (χ3n) is 2.23. The Kier molecular flexibility index (Phi) is 6.03. The zero-order valence-electron chi connectivity index (χ0n) is 7.86. The van der Waals surface area contributed by atoms with Crippen LogP contribution in [-0.4, -0.2) is 37.2 Å². The monoisotopic (exact) mass is 208 g/mol. The van der Waals surface area contributed by atoms with Crippen molar-refractivity contribution < 1.29 is 9.53 Å². The van der Waals surface area contributed by atoms with E-state index in [1.54, 1.807) is 0 Å². The predicted molar refractivity (Wildman–Crippen MR) is 52.7 cm³/mol. The Balaban J connectivity index is 0.00000144. The molecule has 0 aromatic carbocycles. The standard InChI is InChI=1S/C8H16N2O2.ClH/c1-12-8(11)7(9)10-5-3-2-4-6-10;/h7H,2-6,9H2,1H3;1H/t7-;/m1./s1. The number of halogens is 1. The van der Waals surface area contributed by atoms with Gasteiger partial charge in [0.2, 0.25) is 0 Å². The molecule has 1 saturated heterocycles. The van der Waals surface area contributed by atoms with Gasteiger partial charge in [-0.25, -0.2) is 4.79 Å². The Morgan fingerprint density at radius 1 is 1.38 bits per heavy atom. The second-order valence-corrected chi connectivity index (χ2v) is 3.06. The maximum Gasteiger partial charge on any atom is 0.337 e. The van der Waals surface area contributed by atoms with E-state index in [1.807, 2.05) is 4.90 Å². The molecule has 1 atom stereocenters. The Bertz CT molecular complexity index is 160. The molecule has 78 valence electrons. The lowest BCUT2D eigenvalue weighted by molar-refractivity contribution is -0.147. The van der Waals surface area contributed by atoms with Crippen molar-refractivity contribution in [2.75, 3.05) is 20.2 Å². The van der Waals surface area contributed by atoms with E-state index in [9.17, 15) is 4.79 Å². The van der Waals surface area contributed by atoms with Crippen molar-refractivity contribution in [1.29, 1.82) is 0 Å². The van der Waals surface area contributed by atoms with Gasteiger partial charge in [0.1, 0.15) is 0 Å². The molecule has 0 aliphatic carbocycles. The fraction of sp³-hybridized carbons (Fsp3) is 0.875. The summed E-state index contributed by atoms with van der Waals surface area (Å²) in [5.74, 6) is -0.336. The highest BCUT2D eigenvalue weighted by Crippen LogP contribution is 2.10. The number of nitrogens with zero attached hydrogens (tertiary/aromatic N) is 1. The first kappa shape index (κ1) is 12.7. The predicted octanol–water partition coefficient (Wildman–Crippen LogP) is 0.352. The van der Waals surface area contributed by atoms with Gasteiger partial charge < -0.3 is 10.5 Å². The molecule has 1 fully saturated rings. The number of piperidine rings is 1. The van der Waals surface area contributed by atoms with Gasteiger partial charge in [-0.3, -0.25) is 4.90 Å². The highest BCUT2D eigenvalue weighted by atomic mass is 35.5. The van der Waals surface area contributed by atoms with Crippen molar-refractivity contribution in [2.24, 2.45) is 5.73 Å². The summed E-state index contributed by atoms with van der Waals surface area (Å²) >= 11 is 0. The van der Waals surface area contributed by atoms with Gasteiger partial charge in [0.15, 0.2) is 6.17 Å². The lowest BCUT2D eigenvalue weighted by Gasteiger charge is -2.29. The first-order valence-corrected chi connectivity index (χ1v) is 4.33. The van der Waals surface area contributed by atoms with Crippen LogP contribution in [0.2, 0.25) is 0 Å². The lowest BCUT2D eigenvalue weighted by atomic mass is 10.1. The topological polar surface area (TPSA) is 55.6 Å². The minimum atomic E-state index is -0.560. The van der Waals surface area contributed by atoms with Crippen LogP contribution in [0.1, 0.15) is 19.3 Å². The highest BCUT2D eigenvalue weighted by Gasteiger charge is 2.23. The van der Waals surface area contributed by atoms with E-state index in [0.717, 1.165) is 25.9 Å². The third kappa shape index (κ3) is 3.50. The number of carbonyl (C=O) groups excluding carboxylic acids is 1. The summed E-state index contributed by atoms with van der Waals surface area (Å²) in [5, 5.41) is 0. The van der Waals surface area contributed by atoms with Crippen molar-refractivity contribution in [3.05, 3.63) is 0 Å². The van der Waals surface area contributed by atoms with E-state index in [2.05, 4.69) is 4.74 Å². The van der Waals surface area contributed by atoms with Crippen LogP contribution < -0.4 is 5.73 Å². The summed E-state index contributed by atoms with van der Waals surface area (Å²) in [5.41, 5.74) is 5.65. The normalized spacial score (nSPS) is 20.2. The third-order valence-corrected chi connectivity index (χ3v) is 2.23. The van der Waals surface area contributed by atoms with Crippen LogP contribution in [0.5, 0.6) is 0 Å². The number of nitrogens with two attached hydrogens (primary N) is 1. The second kappa shape index (κ2) is 6.18. The van der Waals surface area contributed by atoms with E-state index >= 15 is 0 Å². The fourth-order valence-corrected chi connectivity index (χ4v) is 1.47. The molecule has 1 heterocycles. The highest BCUT2D eigenvalue weighted by molar-refractivity contribution is 5.85. The molecule has 0 bridgehead atoms. The van der Waals surface area contributed by atoms with Gasteiger partial charge in [0.05, 0.1) is 7.11 Å². The number of hydrogen-bond acceptors (Lipinski definition) is 4. The molecule has 4 nitrogen and oxygen atoms in total. The molecule has 0 spiro atoms. The van der Waals surface area contributed by atoms with E-state index in [-0.39, 0.29) is 18.4 Å². The van der Waals surface area contributed by atoms with Crippen molar-refractivity contribution in [2.45, 2.75) is 25.4 Å². The number of hydrogen-bond donors (Lipinski definition) is 1. The summed E-state index contributed by atoms with van der Waals surface area (Å²) in [6.45, 7) is 1.83. The van der Waals surface area contributed by atoms with Crippen LogP contribution >= 0.6 is 12.4 Å². The zero-order chi connectivity index (χ0) is 8.97. The molecule has 0 aromatic heterocycles. The first-order chi connectivity index (χ1) is 5.75. The minimum absolute atomic E-state index is 0. The van der Waals surface area contributed by atoms with Gasteiger partial charge in [0, 0.05) is 13.1 Å². The SMILES string of the molecule is COC(=O)[C@H](N)N1CCCCC1.Cl. The Morgan fingerprint density at radius 2 is 1.92 bits per heavy atom. The largest absolute Gasteiger partial charge is 0.467 e. The minimum Gasteiger partial charge on any atom is -0.467 e. The van der Waals surface area contributed by atoms with Gasteiger partial charge in [-0.2, -0.15) is 0 Å². The van der Waals surface area contributed by atoms with Crippen molar-refractivity contribution in [3.8, 4) is 0 Å². The van der Waals surface area contributed by atoms with Crippen LogP contribution in [0.15, 0.2) is 0 Å². The van der Waals surface area contributed by atoms with Gasteiger partial charge in [-0.05, 0) is 12.8 Å². The van der Waals surface area contributed by atoms with Crippen LogP contribution in [0, 0.1) is 0 Å². The number of esters is 1. The van der Waals surface area contributed by atoms with Crippen LogP contribution in [0.3, 0.4) is 0 Å². The molecular formula is C8H17ClN2O2. The molecule has 0 radical (unpaired) electrons. The molecule has 1 aliphatic heterocycles. The first-order valence-electron chi connectivity index (χ1n) is 4.33. The Hall–Kier alpha value is -0.320. The number of carbonyl (C=O) groups is 1. The van der Waals surface area contributed by atoms with Gasteiger partial charge in [-0.1, -0.05) is 6.42 Å². The summed E-state index contributed by atoms with van der Waals surface area (Å²) in [6, 6.07) is 0. The smallest absolute Gasteiger partial charge is 0.337 e.